The van der Waals surface area contributed by atoms with E-state index in [1.54, 1.807) is 7.11 Å². The normalized spacial score (nSPS) is 16.4. The van der Waals surface area contributed by atoms with Gasteiger partial charge in [-0.15, -0.1) is 0 Å². The Balaban J connectivity index is 3.62. The Morgan fingerprint density at radius 2 is 1.80 bits per heavy atom. The predicted octanol–water partition coefficient (Wildman–Crippen LogP) is 1.94. The fourth-order valence-corrected chi connectivity index (χ4v) is 1.48. The van der Waals surface area contributed by atoms with Gasteiger partial charge in [-0.1, -0.05) is 13.3 Å². The fourth-order valence-electron chi connectivity index (χ4n) is 1.48. The Kier molecular flexibility index (Phi) is 6.41. The van der Waals surface area contributed by atoms with Crippen molar-refractivity contribution in [2.45, 2.75) is 58.2 Å². The summed E-state index contributed by atoms with van der Waals surface area (Å²) in [5.41, 5.74) is -0.657. The van der Waals surface area contributed by atoms with Gasteiger partial charge >= 0.3 is 0 Å². The van der Waals surface area contributed by atoms with Crippen molar-refractivity contribution >= 4 is 0 Å². The monoisotopic (exact) mass is 217 g/mol. The zero-order valence-corrected chi connectivity index (χ0v) is 10.9. The zero-order chi connectivity index (χ0) is 11.9. The highest BCUT2D eigenvalue weighted by atomic mass is 16.5. The van der Waals surface area contributed by atoms with E-state index in [1.807, 2.05) is 6.92 Å². The molecule has 3 heteroatoms. The van der Waals surface area contributed by atoms with E-state index in [4.69, 9.17) is 4.74 Å². The molecule has 0 radical (unpaired) electrons. The molecule has 3 nitrogen and oxygen atoms in total. The molecule has 2 N–H and O–H groups in total. The Bertz CT molecular complexity index is 167. The van der Waals surface area contributed by atoms with Crippen LogP contribution < -0.4 is 5.32 Å². The van der Waals surface area contributed by atoms with Gasteiger partial charge in [-0.05, 0) is 40.2 Å². The van der Waals surface area contributed by atoms with E-state index >= 15 is 0 Å². The van der Waals surface area contributed by atoms with Crippen molar-refractivity contribution in [3.8, 4) is 0 Å². The van der Waals surface area contributed by atoms with Gasteiger partial charge in [0.15, 0.2) is 0 Å². The van der Waals surface area contributed by atoms with Crippen LogP contribution in [-0.4, -0.2) is 36.5 Å². The molecular formula is C12H27NO2. The summed E-state index contributed by atoms with van der Waals surface area (Å²) in [5, 5.41) is 13.2. The molecule has 1 atom stereocenters. The van der Waals surface area contributed by atoms with Crippen molar-refractivity contribution in [1.82, 2.24) is 5.32 Å². The van der Waals surface area contributed by atoms with Crippen LogP contribution in [-0.2, 0) is 4.74 Å². The van der Waals surface area contributed by atoms with Crippen LogP contribution in [0.25, 0.3) is 0 Å². The summed E-state index contributed by atoms with van der Waals surface area (Å²) in [6.07, 6.45) is 2.80. The SMILES string of the molecule is CCCC(C)(O)CNCCC(C)(C)OC. The number of rotatable bonds is 8. The van der Waals surface area contributed by atoms with Crippen LogP contribution in [0.4, 0.5) is 0 Å². The van der Waals surface area contributed by atoms with Gasteiger partial charge in [-0.3, -0.25) is 0 Å². The highest BCUT2D eigenvalue weighted by Gasteiger charge is 2.19. The average Bonchev–Trinajstić information content (AvgIpc) is 2.13. The quantitative estimate of drug-likeness (QED) is 0.611. The van der Waals surface area contributed by atoms with Crippen LogP contribution in [0.15, 0.2) is 0 Å². The first-order valence-electron chi connectivity index (χ1n) is 5.81. The van der Waals surface area contributed by atoms with Gasteiger partial charge in [0, 0.05) is 13.7 Å². The van der Waals surface area contributed by atoms with Crippen LogP contribution in [0.1, 0.15) is 47.0 Å². The lowest BCUT2D eigenvalue weighted by Gasteiger charge is -2.26. The van der Waals surface area contributed by atoms with Gasteiger partial charge in [0.2, 0.25) is 0 Å². The highest BCUT2D eigenvalue weighted by Crippen LogP contribution is 2.13. The van der Waals surface area contributed by atoms with Crippen molar-refractivity contribution in [2.75, 3.05) is 20.2 Å². The Labute approximate surface area is 94.2 Å². The number of ether oxygens (including phenoxy) is 1. The maximum absolute atomic E-state index is 9.91. The first-order valence-corrected chi connectivity index (χ1v) is 5.81. The second-order valence-electron chi connectivity index (χ2n) is 5.14. The highest BCUT2D eigenvalue weighted by molar-refractivity contribution is 4.76. The van der Waals surface area contributed by atoms with Crippen molar-refractivity contribution < 1.29 is 9.84 Å². The largest absolute Gasteiger partial charge is 0.389 e. The van der Waals surface area contributed by atoms with Gasteiger partial charge in [0.25, 0.3) is 0 Å². The second-order valence-corrected chi connectivity index (χ2v) is 5.14. The van der Waals surface area contributed by atoms with Gasteiger partial charge in [-0.25, -0.2) is 0 Å². The zero-order valence-electron chi connectivity index (χ0n) is 10.9. The maximum Gasteiger partial charge on any atom is 0.0743 e. The van der Waals surface area contributed by atoms with Crippen molar-refractivity contribution in [1.29, 1.82) is 0 Å². The molecule has 0 aromatic carbocycles. The topological polar surface area (TPSA) is 41.5 Å². The van der Waals surface area contributed by atoms with Crippen molar-refractivity contribution in [2.24, 2.45) is 0 Å². The average molecular weight is 217 g/mol. The lowest BCUT2D eigenvalue weighted by molar-refractivity contribution is 0.0119. The molecule has 15 heavy (non-hydrogen) atoms. The third-order valence-electron chi connectivity index (χ3n) is 2.75. The molecule has 0 aliphatic carbocycles. The van der Waals surface area contributed by atoms with Crippen molar-refractivity contribution in [3.63, 3.8) is 0 Å². The Hall–Kier alpha value is -0.120. The lowest BCUT2D eigenvalue weighted by atomic mass is 10.0. The molecule has 0 rings (SSSR count). The number of hydrogen-bond donors (Lipinski definition) is 2. The summed E-state index contributed by atoms with van der Waals surface area (Å²) >= 11 is 0. The summed E-state index contributed by atoms with van der Waals surface area (Å²) in [5.74, 6) is 0. The minimum Gasteiger partial charge on any atom is -0.389 e. The summed E-state index contributed by atoms with van der Waals surface area (Å²) in [7, 11) is 1.73. The number of nitrogens with one attached hydrogen (secondary N) is 1. The van der Waals surface area contributed by atoms with E-state index in [0.717, 1.165) is 25.8 Å². The molecule has 0 spiro atoms. The molecule has 0 heterocycles. The first kappa shape index (κ1) is 14.9. The summed E-state index contributed by atoms with van der Waals surface area (Å²) in [4.78, 5) is 0. The number of methoxy groups -OCH3 is 1. The molecule has 0 aromatic rings. The van der Waals surface area contributed by atoms with E-state index in [9.17, 15) is 5.11 Å². The summed E-state index contributed by atoms with van der Waals surface area (Å²) in [6.45, 7) is 9.63. The smallest absolute Gasteiger partial charge is 0.0743 e. The molecule has 0 bridgehead atoms. The van der Waals surface area contributed by atoms with Gasteiger partial charge < -0.3 is 15.2 Å². The fraction of sp³-hybridized carbons (Fsp3) is 1.00. The third kappa shape index (κ3) is 7.77. The molecule has 0 saturated carbocycles. The van der Waals surface area contributed by atoms with Crippen LogP contribution in [0.3, 0.4) is 0 Å². The van der Waals surface area contributed by atoms with E-state index in [-0.39, 0.29) is 5.60 Å². The molecule has 0 fully saturated rings. The molecule has 0 aromatic heterocycles. The van der Waals surface area contributed by atoms with E-state index < -0.39 is 5.60 Å². The molecular weight excluding hydrogens is 190 g/mol. The predicted molar refractivity (Wildman–Crippen MR) is 64.1 cm³/mol. The van der Waals surface area contributed by atoms with E-state index in [1.165, 1.54) is 0 Å². The van der Waals surface area contributed by atoms with Gasteiger partial charge in [-0.2, -0.15) is 0 Å². The van der Waals surface area contributed by atoms with Crippen molar-refractivity contribution in [3.05, 3.63) is 0 Å². The van der Waals surface area contributed by atoms with Gasteiger partial charge in [0.1, 0.15) is 0 Å². The Morgan fingerprint density at radius 3 is 2.27 bits per heavy atom. The first-order chi connectivity index (χ1) is 6.83. The van der Waals surface area contributed by atoms with Gasteiger partial charge in [0.05, 0.1) is 11.2 Å². The summed E-state index contributed by atoms with van der Waals surface area (Å²) < 4.78 is 5.31. The number of hydrogen-bond acceptors (Lipinski definition) is 3. The maximum atomic E-state index is 9.91. The van der Waals surface area contributed by atoms with Crippen LogP contribution in [0, 0.1) is 0 Å². The molecule has 0 saturated heterocycles. The van der Waals surface area contributed by atoms with Crippen LogP contribution >= 0.6 is 0 Å². The van der Waals surface area contributed by atoms with E-state index in [2.05, 4.69) is 26.1 Å². The molecule has 1 unspecified atom stereocenters. The van der Waals surface area contributed by atoms with E-state index in [0.29, 0.717) is 6.54 Å². The Morgan fingerprint density at radius 1 is 1.20 bits per heavy atom. The minimum absolute atomic E-state index is 0.0797. The number of aliphatic hydroxyl groups is 1. The minimum atomic E-state index is -0.577. The molecule has 0 aliphatic rings. The molecule has 0 amide bonds. The standard InChI is InChI=1S/C12H27NO2/c1-6-7-12(4,14)10-13-9-8-11(2,3)15-5/h13-14H,6-10H2,1-5H3. The molecule has 0 aliphatic heterocycles. The van der Waals surface area contributed by atoms with Crippen LogP contribution in [0.5, 0.6) is 0 Å². The van der Waals surface area contributed by atoms with Crippen LogP contribution in [0.2, 0.25) is 0 Å². The second kappa shape index (κ2) is 6.46. The third-order valence-corrected chi connectivity index (χ3v) is 2.75. The summed E-state index contributed by atoms with van der Waals surface area (Å²) in [6, 6.07) is 0. The lowest BCUT2D eigenvalue weighted by Crippen LogP contribution is -2.39. The molecule has 92 valence electrons.